The molecular formula is C16H26N2. The Bertz CT molecular complexity index is 323. The van der Waals surface area contributed by atoms with Crippen molar-refractivity contribution in [1.29, 1.82) is 0 Å². The minimum absolute atomic E-state index is 0.970. The number of anilines is 1. The number of hydrogen-bond donors (Lipinski definition) is 1. The van der Waals surface area contributed by atoms with Crippen LogP contribution in [0.4, 0.5) is 5.69 Å². The van der Waals surface area contributed by atoms with Gasteiger partial charge in [0.1, 0.15) is 0 Å². The molecule has 1 N–H and O–H groups in total. The van der Waals surface area contributed by atoms with Crippen LogP contribution in [0.15, 0.2) is 30.3 Å². The molecule has 1 fully saturated rings. The van der Waals surface area contributed by atoms with Crippen LogP contribution in [0, 0.1) is 5.92 Å². The fourth-order valence-corrected chi connectivity index (χ4v) is 2.85. The molecule has 0 spiro atoms. The first-order valence-electron chi connectivity index (χ1n) is 7.39. The van der Waals surface area contributed by atoms with Crippen molar-refractivity contribution in [2.24, 2.45) is 5.92 Å². The molecule has 1 aromatic rings. The maximum Gasteiger partial charge on any atom is 0.0340 e. The van der Waals surface area contributed by atoms with E-state index in [4.69, 9.17) is 0 Å². The van der Waals surface area contributed by atoms with Crippen LogP contribution in [-0.4, -0.2) is 31.1 Å². The van der Waals surface area contributed by atoms with Crippen LogP contribution in [0.2, 0.25) is 0 Å². The molecule has 0 aromatic heterocycles. The molecule has 2 heteroatoms. The van der Waals surface area contributed by atoms with E-state index in [2.05, 4.69) is 47.5 Å². The largest absolute Gasteiger partial charge is 0.385 e. The first kappa shape index (κ1) is 13.4. The SMILES string of the molecule is CCCC1CCN(CCCNc2ccccc2)C1. The van der Waals surface area contributed by atoms with Crippen LogP contribution in [-0.2, 0) is 0 Å². The summed E-state index contributed by atoms with van der Waals surface area (Å²) in [4.78, 5) is 2.63. The molecule has 1 heterocycles. The zero-order valence-corrected chi connectivity index (χ0v) is 11.6. The van der Waals surface area contributed by atoms with Crippen LogP contribution >= 0.6 is 0 Å². The molecule has 0 amide bonds. The Morgan fingerprint density at radius 2 is 2.11 bits per heavy atom. The molecule has 0 bridgehead atoms. The fourth-order valence-electron chi connectivity index (χ4n) is 2.85. The van der Waals surface area contributed by atoms with Crippen molar-refractivity contribution in [2.75, 3.05) is 31.5 Å². The third kappa shape index (κ3) is 4.34. The van der Waals surface area contributed by atoms with Crippen molar-refractivity contribution < 1.29 is 0 Å². The van der Waals surface area contributed by atoms with Gasteiger partial charge in [-0.2, -0.15) is 0 Å². The van der Waals surface area contributed by atoms with E-state index in [0.717, 1.165) is 12.5 Å². The Labute approximate surface area is 111 Å². The number of nitrogens with one attached hydrogen (secondary N) is 1. The van der Waals surface area contributed by atoms with E-state index < -0.39 is 0 Å². The number of likely N-dealkylation sites (tertiary alicyclic amines) is 1. The van der Waals surface area contributed by atoms with Gasteiger partial charge in [-0.1, -0.05) is 31.5 Å². The number of nitrogens with zero attached hydrogens (tertiary/aromatic N) is 1. The van der Waals surface area contributed by atoms with Crippen molar-refractivity contribution in [3.05, 3.63) is 30.3 Å². The fraction of sp³-hybridized carbons (Fsp3) is 0.625. The Hall–Kier alpha value is -1.02. The number of rotatable bonds is 7. The van der Waals surface area contributed by atoms with Crippen LogP contribution in [0.25, 0.3) is 0 Å². The van der Waals surface area contributed by atoms with Gasteiger partial charge >= 0.3 is 0 Å². The Balaban J connectivity index is 1.56. The van der Waals surface area contributed by atoms with E-state index in [1.165, 1.54) is 51.0 Å². The van der Waals surface area contributed by atoms with Gasteiger partial charge in [-0.15, -0.1) is 0 Å². The summed E-state index contributed by atoms with van der Waals surface area (Å²) in [6, 6.07) is 10.5. The van der Waals surface area contributed by atoms with E-state index in [1.54, 1.807) is 0 Å². The Kier molecular flexibility index (Phi) is 5.53. The van der Waals surface area contributed by atoms with Gasteiger partial charge < -0.3 is 10.2 Å². The summed E-state index contributed by atoms with van der Waals surface area (Å²) in [6.07, 6.45) is 5.42. The third-order valence-electron chi connectivity index (χ3n) is 3.82. The van der Waals surface area contributed by atoms with Crippen molar-refractivity contribution in [3.63, 3.8) is 0 Å². The molecule has 1 unspecified atom stereocenters. The number of hydrogen-bond acceptors (Lipinski definition) is 2. The summed E-state index contributed by atoms with van der Waals surface area (Å²) in [5, 5.41) is 3.48. The number of para-hydroxylation sites is 1. The molecule has 1 saturated heterocycles. The monoisotopic (exact) mass is 246 g/mol. The zero-order valence-electron chi connectivity index (χ0n) is 11.6. The molecule has 2 rings (SSSR count). The highest BCUT2D eigenvalue weighted by atomic mass is 15.1. The van der Waals surface area contributed by atoms with Crippen LogP contribution in [0.5, 0.6) is 0 Å². The van der Waals surface area contributed by atoms with Gasteiger partial charge in [0, 0.05) is 18.8 Å². The van der Waals surface area contributed by atoms with Gasteiger partial charge in [-0.3, -0.25) is 0 Å². The molecule has 0 radical (unpaired) electrons. The molecule has 2 nitrogen and oxygen atoms in total. The van der Waals surface area contributed by atoms with Crippen molar-refractivity contribution in [1.82, 2.24) is 4.90 Å². The predicted octanol–water partition coefficient (Wildman–Crippen LogP) is 3.61. The van der Waals surface area contributed by atoms with Crippen molar-refractivity contribution in [3.8, 4) is 0 Å². The van der Waals surface area contributed by atoms with E-state index >= 15 is 0 Å². The van der Waals surface area contributed by atoms with Crippen LogP contribution in [0.1, 0.15) is 32.6 Å². The smallest absolute Gasteiger partial charge is 0.0340 e. The van der Waals surface area contributed by atoms with E-state index in [-0.39, 0.29) is 0 Å². The molecule has 1 aliphatic heterocycles. The lowest BCUT2D eigenvalue weighted by Crippen LogP contribution is -2.23. The van der Waals surface area contributed by atoms with Gasteiger partial charge in [0.15, 0.2) is 0 Å². The lowest BCUT2D eigenvalue weighted by Gasteiger charge is -2.16. The molecule has 0 saturated carbocycles. The molecular weight excluding hydrogens is 220 g/mol. The second-order valence-electron chi connectivity index (χ2n) is 5.39. The standard InChI is InChI=1S/C16H26N2/c1-2-7-15-10-13-18(14-15)12-6-11-17-16-8-4-3-5-9-16/h3-5,8-9,15,17H,2,6-7,10-14H2,1H3. The highest BCUT2D eigenvalue weighted by Crippen LogP contribution is 2.20. The van der Waals surface area contributed by atoms with Crippen LogP contribution < -0.4 is 5.32 Å². The molecule has 18 heavy (non-hydrogen) atoms. The molecule has 0 aliphatic carbocycles. The average Bonchev–Trinajstić information content (AvgIpc) is 2.84. The topological polar surface area (TPSA) is 15.3 Å². The van der Waals surface area contributed by atoms with Crippen molar-refractivity contribution in [2.45, 2.75) is 32.6 Å². The van der Waals surface area contributed by atoms with Gasteiger partial charge in [0.05, 0.1) is 0 Å². The van der Waals surface area contributed by atoms with Crippen molar-refractivity contribution >= 4 is 5.69 Å². The molecule has 1 aliphatic rings. The lowest BCUT2D eigenvalue weighted by molar-refractivity contribution is 0.319. The minimum Gasteiger partial charge on any atom is -0.385 e. The Morgan fingerprint density at radius 3 is 2.89 bits per heavy atom. The molecule has 1 aromatic carbocycles. The lowest BCUT2D eigenvalue weighted by atomic mass is 10.0. The van der Waals surface area contributed by atoms with Crippen LogP contribution in [0.3, 0.4) is 0 Å². The minimum atomic E-state index is 0.970. The first-order valence-corrected chi connectivity index (χ1v) is 7.39. The zero-order chi connectivity index (χ0) is 12.6. The van der Waals surface area contributed by atoms with Gasteiger partial charge in [-0.05, 0) is 50.4 Å². The second kappa shape index (κ2) is 7.42. The van der Waals surface area contributed by atoms with Gasteiger partial charge in [0.25, 0.3) is 0 Å². The summed E-state index contributed by atoms with van der Waals surface area (Å²) in [7, 11) is 0. The van der Waals surface area contributed by atoms with E-state index in [1.807, 2.05) is 0 Å². The maximum atomic E-state index is 3.48. The first-order chi connectivity index (χ1) is 8.88. The highest BCUT2D eigenvalue weighted by Gasteiger charge is 2.20. The normalized spacial score (nSPS) is 20.2. The van der Waals surface area contributed by atoms with Gasteiger partial charge in [0.2, 0.25) is 0 Å². The summed E-state index contributed by atoms with van der Waals surface area (Å²) in [5.41, 5.74) is 1.24. The highest BCUT2D eigenvalue weighted by molar-refractivity contribution is 5.42. The summed E-state index contributed by atoms with van der Waals surface area (Å²) in [5.74, 6) is 0.970. The average molecular weight is 246 g/mol. The number of benzene rings is 1. The van der Waals surface area contributed by atoms with E-state index in [0.29, 0.717) is 0 Å². The molecule has 100 valence electrons. The maximum absolute atomic E-state index is 3.48. The third-order valence-corrected chi connectivity index (χ3v) is 3.82. The predicted molar refractivity (Wildman–Crippen MR) is 79.0 cm³/mol. The molecule has 1 atom stereocenters. The van der Waals surface area contributed by atoms with E-state index in [9.17, 15) is 0 Å². The Morgan fingerprint density at radius 1 is 1.28 bits per heavy atom. The van der Waals surface area contributed by atoms with Gasteiger partial charge in [-0.25, -0.2) is 0 Å². The summed E-state index contributed by atoms with van der Waals surface area (Å²) >= 11 is 0. The summed E-state index contributed by atoms with van der Waals surface area (Å²) < 4.78 is 0. The quantitative estimate of drug-likeness (QED) is 0.739. The summed E-state index contributed by atoms with van der Waals surface area (Å²) in [6.45, 7) is 7.28. The second-order valence-corrected chi connectivity index (χ2v) is 5.39.